The smallest absolute Gasteiger partial charge is 0.253 e. The normalized spacial score (nSPS) is 11.5. The first-order chi connectivity index (χ1) is 9.51. The number of rotatable bonds is 6. The highest BCUT2D eigenvalue weighted by Gasteiger charge is 2.16. The number of benzene rings is 1. The minimum atomic E-state index is -3.58. The first-order valence-electron chi connectivity index (χ1n) is 6.43. The summed E-state index contributed by atoms with van der Waals surface area (Å²) in [6.45, 7) is 4.01. The van der Waals surface area contributed by atoms with Gasteiger partial charge in [0, 0.05) is 6.42 Å². The van der Waals surface area contributed by atoms with Gasteiger partial charge in [-0.05, 0) is 25.5 Å². The van der Waals surface area contributed by atoms with Crippen molar-refractivity contribution >= 4 is 26.5 Å². The summed E-state index contributed by atoms with van der Waals surface area (Å²) in [5.41, 5.74) is 1.02. The summed E-state index contributed by atoms with van der Waals surface area (Å²) in [5, 5.41) is 9.03. The maximum absolute atomic E-state index is 12.2. The molecule has 1 heterocycles. The second-order valence-electron chi connectivity index (χ2n) is 4.52. The highest BCUT2D eigenvalue weighted by Crippen LogP contribution is 2.21. The van der Waals surface area contributed by atoms with E-state index in [1.54, 1.807) is 24.3 Å². The Bertz CT molecular complexity index is 663. The van der Waals surface area contributed by atoms with Crippen molar-refractivity contribution in [3.63, 3.8) is 0 Å². The number of hydrogen-bond donors (Lipinski definition) is 1. The van der Waals surface area contributed by atoms with Crippen molar-refractivity contribution in [3.8, 4) is 0 Å². The Morgan fingerprint density at radius 3 is 2.55 bits per heavy atom. The van der Waals surface area contributed by atoms with Gasteiger partial charge in [0.15, 0.2) is 0 Å². The molecule has 0 atom stereocenters. The van der Waals surface area contributed by atoms with Gasteiger partial charge in [-0.1, -0.05) is 42.4 Å². The summed E-state index contributed by atoms with van der Waals surface area (Å²) >= 11 is 1.29. The molecule has 0 amide bonds. The number of unbranched alkanes of at least 4 members (excludes halogenated alkanes) is 1. The molecule has 2 aromatic rings. The van der Waals surface area contributed by atoms with Gasteiger partial charge in [-0.25, -0.2) is 8.42 Å². The molecule has 0 saturated heterocycles. The van der Waals surface area contributed by atoms with Crippen molar-refractivity contribution in [2.45, 2.75) is 38.0 Å². The van der Waals surface area contributed by atoms with E-state index in [0.717, 1.165) is 29.8 Å². The lowest BCUT2D eigenvalue weighted by atomic mass is 10.2. The molecule has 0 bridgehead atoms. The second kappa shape index (κ2) is 6.32. The lowest BCUT2D eigenvalue weighted by Crippen LogP contribution is -2.12. The van der Waals surface area contributed by atoms with E-state index in [9.17, 15) is 8.42 Å². The van der Waals surface area contributed by atoms with Crippen LogP contribution in [-0.4, -0.2) is 18.6 Å². The largest absolute Gasteiger partial charge is 0.263 e. The summed E-state index contributed by atoms with van der Waals surface area (Å²) in [4.78, 5) is 0.230. The zero-order chi connectivity index (χ0) is 14.6. The van der Waals surface area contributed by atoms with E-state index in [-0.39, 0.29) is 4.90 Å². The van der Waals surface area contributed by atoms with Crippen LogP contribution in [0.15, 0.2) is 29.2 Å². The van der Waals surface area contributed by atoms with E-state index in [2.05, 4.69) is 21.8 Å². The molecule has 7 heteroatoms. The first kappa shape index (κ1) is 14.9. The predicted octanol–water partition coefficient (Wildman–Crippen LogP) is 2.99. The van der Waals surface area contributed by atoms with E-state index in [0.29, 0.717) is 5.13 Å². The zero-order valence-corrected chi connectivity index (χ0v) is 13.1. The fraction of sp³-hybridized carbons (Fsp3) is 0.385. The van der Waals surface area contributed by atoms with E-state index < -0.39 is 10.0 Å². The summed E-state index contributed by atoms with van der Waals surface area (Å²) in [5.74, 6) is 0. The Balaban J connectivity index is 2.12. The number of aromatic nitrogens is 2. The van der Waals surface area contributed by atoms with Crippen LogP contribution in [0, 0.1) is 6.92 Å². The van der Waals surface area contributed by atoms with Gasteiger partial charge in [-0.15, -0.1) is 10.2 Å². The van der Waals surface area contributed by atoms with Crippen LogP contribution in [0.25, 0.3) is 0 Å². The molecule has 108 valence electrons. The van der Waals surface area contributed by atoms with Crippen molar-refractivity contribution in [2.24, 2.45) is 0 Å². The standard InChI is InChI=1S/C13H17N3O2S2/c1-3-4-5-12-14-15-13(19-12)16-20(17,18)11-8-6-10(2)7-9-11/h6-9H,3-5H2,1-2H3,(H,15,16). The number of nitrogens with one attached hydrogen (secondary N) is 1. The summed E-state index contributed by atoms with van der Waals surface area (Å²) in [6.07, 6.45) is 2.93. The van der Waals surface area contributed by atoms with E-state index in [1.807, 2.05) is 6.92 Å². The molecule has 0 aliphatic carbocycles. The van der Waals surface area contributed by atoms with Crippen LogP contribution in [0.2, 0.25) is 0 Å². The van der Waals surface area contributed by atoms with Crippen molar-refractivity contribution in [3.05, 3.63) is 34.8 Å². The molecular weight excluding hydrogens is 294 g/mol. The molecule has 1 N–H and O–H groups in total. The molecule has 0 unspecified atom stereocenters. The van der Waals surface area contributed by atoms with Gasteiger partial charge in [-0.2, -0.15) is 0 Å². The predicted molar refractivity (Wildman–Crippen MR) is 80.5 cm³/mol. The Morgan fingerprint density at radius 2 is 1.90 bits per heavy atom. The van der Waals surface area contributed by atoms with E-state index >= 15 is 0 Å². The maximum atomic E-state index is 12.2. The molecule has 1 aromatic heterocycles. The van der Waals surface area contributed by atoms with Gasteiger partial charge >= 0.3 is 0 Å². The van der Waals surface area contributed by atoms with Gasteiger partial charge in [0.05, 0.1) is 4.90 Å². The number of anilines is 1. The van der Waals surface area contributed by atoms with Crippen LogP contribution in [0.5, 0.6) is 0 Å². The molecule has 2 rings (SSSR count). The number of sulfonamides is 1. The lowest BCUT2D eigenvalue weighted by molar-refractivity contribution is 0.601. The Kier molecular flexibility index (Phi) is 4.72. The average molecular weight is 311 g/mol. The van der Waals surface area contributed by atoms with Crippen molar-refractivity contribution in [1.29, 1.82) is 0 Å². The van der Waals surface area contributed by atoms with Gasteiger partial charge in [0.2, 0.25) is 5.13 Å². The van der Waals surface area contributed by atoms with Crippen LogP contribution >= 0.6 is 11.3 Å². The quantitative estimate of drug-likeness (QED) is 0.890. The maximum Gasteiger partial charge on any atom is 0.263 e. The SMILES string of the molecule is CCCCc1nnc(NS(=O)(=O)c2ccc(C)cc2)s1. The van der Waals surface area contributed by atoms with Crippen molar-refractivity contribution in [2.75, 3.05) is 4.72 Å². The van der Waals surface area contributed by atoms with Crippen LogP contribution in [0.1, 0.15) is 30.3 Å². The van der Waals surface area contributed by atoms with Crippen LogP contribution in [0.3, 0.4) is 0 Å². The van der Waals surface area contributed by atoms with E-state index in [4.69, 9.17) is 0 Å². The molecule has 1 aromatic carbocycles. The summed E-state index contributed by atoms with van der Waals surface area (Å²) in [7, 11) is -3.58. The molecule has 0 aliphatic rings. The molecule has 5 nitrogen and oxygen atoms in total. The second-order valence-corrected chi connectivity index (χ2v) is 7.27. The van der Waals surface area contributed by atoms with Crippen LogP contribution in [0.4, 0.5) is 5.13 Å². The van der Waals surface area contributed by atoms with Crippen LogP contribution in [-0.2, 0) is 16.4 Å². The summed E-state index contributed by atoms with van der Waals surface area (Å²) in [6, 6.07) is 6.69. The molecule has 0 aliphatic heterocycles. The fourth-order valence-electron chi connectivity index (χ4n) is 1.62. The fourth-order valence-corrected chi connectivity index (χ4v) is 3.63. The third-order valence-corrected chi connectivity index (χ3v) is 5.15. The Labute approximate surface area is 123 Å². The first-order valence-corrected chi connectivity index (χ1v) is 8.73. The molecule has 0 spiro atoms. The highest BCUT2D eigenvalue weighted by molar-refractivity contribution is 7.93. The molecule has 0 saturated carbocycles. The van der Waals surface area contributed by atoms with Crippen LogP contribution < -0.4 is 4.72 Å². The van der Waals surface area contributed by atoms with Crippen molar-refractivity contribution < 1.29 is 8.42 Å². The average Bonchev–Trinajstić information content (AvgIpc) is 2.83. The molecule has 0 radical (unpaired) electrons. The van der Waals surface area contributed by atoms with E-state index in [1.165, 1.54) is 11.3 Å². The monoisotopic (exact) mass is 311 g/mol. The molecule has 0 fully saturated rings. The minimum absolute atomic E-state index is 0.230. The Morgan fingerprint density at radius 1 is 1.20 bits per heavy atom. The number of nitrogens with zero attached hydrogens (tertiary/aromatic N) is 2. The Hall–Kier alpha value is -1.47. The number of hydrogen-bond acceptors (Lipinski definition) is 5. The van der Waals surface area contributed by atoms with Gasteiger partial charge in [0.1, 0.15) is 5.01 Å². The number of aryl methyl sites for hydroxylation is 2. The minimum Gasteiger partial charge on any atom is -0.253 e. The molecular formula is C13H17N3O2S2. The third kappa shape index (κ3) is 3.77. The lowest BCUT2D eigenvalue weighted by Gasteiger charge is -2.04. The van der Waals surface area contributed by atoms with Gasteiger partial charge < -0.3 is 0 Å². The molecule has 20 heavy (non-hydrogen) atoms. The zero-order valence-electron chi connectivity index (χ0n) is 11.5. The summed E-state index contributed by atoms with van der Waals surface area (Å²) < 4.78 is 26.8. The van der Waals surface area contributed by atoms with Gasteiger partial charge in [-0.3, -0.25) is 4.72 Å². The highest BCUT2D eigenvalue weighted by atomic mass is 32.2. The van der Waals surface area contributed by atoms with Gasteiger partial charge in [0.25, 0.3) is 10.0 Å². The third-order valence-electron chi connectivity index (χ3n) is 2.76. The topological polar surface area (TPSA) is 72.0 Å². The van der Waals surface area contributed by atoms with Crippen molar-refractivity contribution in [1.82, 2.24) is 10.2 Å².